The molecule has 3 aromatic rings. The van der Waals surface area contributed by atoms with Gasteiger partial charge in [-0.1, -0.05) is 72.3 Å². The van der Waals surface area contributed by atoms with Gasteiger partial charge >= 0.3 is 0 Å². The quantitative estimate of drug-likeness (QED) is 0.532. The molecule has 1 N–H and O–H groups in total. The molecule has 166 valence electrons. The van der Waals surface area contributed by atoms with Crippen molar-refractivity contribution in [2.45, 2.75) is 24.8 Å². The molecule has 1 aliphatic heterocycles. The zero-order chi connectivity index (χ0) is 22.4. The van der Waals surface area contributed by atoms with Crippen LogP contribution < -0.4 is 10.1 Å². The molecular weight excluding hydrogens is 420 g/mol. The molecule has 0 aromatic heterocycles. The Labute approximate surface area is 195 Å². The summed E-state index contributed by atoms with van der Waals surface area (Å²) in [6.45, 7) is 3.50. The van der Waals surface area contributed by atoms with Gasteiger partial charge in [0.25, 0.3) is 5.91 Å². The summed E-state index contributed by atoms with van der Waals surface area (Å²) in [6, 6.07) is 26.3. The van der Waals surface area contributed by atoms with E-state index in [2.05, 4.69) is 64.8 Å². The number of amides is 1. The summed E-state index contributed by atoms with van der Waals surface area (Å²) < 4.78 is 5.37. The van der Waals surface area contributed by atoms with Crippen molar-refractivity contribution in [3.05, 3.63) is 101 Å². The van der Waals surface area contributed by atoms with Crippen molar-refractivity contribution >= 4 is 17.5 Å². The number of nitrogens with zero attached hydrogens (tertiary/aromatic N) is 1. The first kappa shape index (κ1) is 22.4. The number of methoxy groups -OCH3 is 1. The Kier molecular flexibility index (Phi) is 7.13. The Balaban J connectivity index is 1.49. The highest BCUT2D eigenvalue weighted by Crippen LogP contribution is 2.36. The second-order valence-corrected chi connectivity index (χ2v) is 8.87. The first-order chi connectivity index (χ1) is 15.6. The molecule has 3 aromatic carbocycles. The molecule has 5 heteroatoms. The summed E-state index contributed by atoms with van der Waals surface area (Å²) in [5.41, 5.74) is 2.97. The molecule has 0 aliphatic carbocycles. The summed E-state index contributed by atoms with van der Waals surface area (Å²) in [7, 11) is 1.56. The molecule has 0 saturated carbocycles. The number of carbonyl (C=O) groups is 1. The van der Waals surface area contributed by atoms with Gasteiger partial charge in [-0.2, -0.15) is 0 Å². The lowest BCUT2D eigenvalue weighted by molar-refractivity contribution is 0.0916. The van der Waals surface area contributed by atoms with Crippen molar-refractivity contribution in [2.24, 2.45) is 0 Å². The molecule has 1 saturated heterocycles. The number of ether oxygens (including phenoxy) is 1. The average Bonchev–Trinajstić information content (AvgIpc) is 2.85. The van der Waals surface area contributed by atoms with E-state index in [4.69, 9.17) is 16.3 Å². The van der Waals surface area contributed by atoms with Crippen molar-refractivity contribution < 1.29 is 9.53 Å². The maximum Gasteiger partial charge on any atom is 0.255 e. The molecular formula is C27H29ClN2O2. The van der Waals surface area contributed by atoms with Gasteiger partial charge in [0, 0.05) is 23.5 Å². The summed E-state index contributed by atoms with van der Waals surface area (Å²) in [5.74, 6) is 0.365. The zero-order valence-electron chi connectivity index (χ0n) is 18.4. The molecule has 32 heavy (non-hydrogen) atoms. The highest BCUT2D eigenvalue weighted by molar-refractivity contribution is 6.31. The van der Waals surface area contributed by atoms with Gasteiger partial charge in [0.2, 0.25) is 0 Å². The van der Waals surface area contributed by atoms with Gasteiger partial charge in [0.05, 0.1) is 12.7 Å². The number of likely N-dealkylation sites (tertiary alicyclic amines) is 1. The third-order valence-electron chi connectivity index (χ3n) is 6.44. The molecule has 0 radical (unpaired) electrons. The van der Waals surface area contributed by atoms with Crippen LogP contribution in [-0.2, 0) is 12.0 Å². The van der Waals surface area contributed by atoms with Crippen molar-refractivity contribution in [1.82, 2.24) is 10.2 Å². The Morgan fingerprint density at radius 1 is 1.00 bits per heavy atom. The first-order valence-corrected chi connectivity index (χ1v) is 11.4. The predicted molar refractivity (Wildman–Crippen MR) is 129 cm³/mol. The fourth-order valence-electron chi connectivity index (χ4n) is 4.54. The number of piperidine rings is 1. The number of carbonyl (C=O) groups excluding carboxylic acids is 1. The Morgan fingerprint density at radius 3 is 2.31 bits per heavy atom. The predicted octanol–water partition coefficient (Wildman–Crippen LogP) is 5.31. The third kappa shape index (κ3) is 5.14. The fourth-order valence-corrected chi connectivity index (χ4v) is 4.71. The number of halogens is 1. The number of hydrogen-bond acceptors (Lipinski definition) is 3. The van der Waals surface area contributed by atoms with E-state index >= 15 is 0 Å². The molecule has 1 aliphatic rings. The van der Waals surface area contributed by atoms with E-state index in [0.29, 0.717) is 22.9 Å². The molecule has 0 spiro atoms. The van der Waals surface area contributed by atoms with Crippen molar-refractivity contribution in [1.29, 1.82) is 0 Å². The van der Waals surface area contributed by atoms with E-state index in [1.165, 1.54) is 11.1 Å². The van der Waals surface area contributed by atoms with E-state index in [9.17, 15) is 4.79 Å². The average molecular weight is 449 g/mol. The van der Waals surface area contributed by atoms with Crippen LogP contribution >= 0.6 is 11.6 Å². The SMILES string of the molecule is COc1ccc(Cl)cc1C(=O)NCC1(c2ccccc2)CCN(Cc2ccccc2)CC1. The van der Waals surface area contributed by atoms with Crippen LogP contribution in [0.5, 0.6) is 5.75 Å². The van der Waals surface area contributed by atoms with Gasteiger partial charge in [-0.15, -0.1) is 0 Å². The van der Waals surface area contributed by atoms with Gasteiger partial charge in [-0.25, -0.2) is 0 Å². The van der Waals surface area contributed by atoms with E-state index in [1.807, 2.05) is 6.07 Å². The topological polar surface area (TPSA) is 41.6 Å². The second kappa shape index (κ2) is 10.2. The minimum Gasteiger partial charge on any atom is -0.496 e. The molecule has 4 rings (SSSR count). The van der Waals surface area contributed by atoms with E-state index in [1.54, 1.807) is 25.3 Å². The van der Waals surface area contributed by atoms with Crippen molar-refractivity contribution in [3.63, 3.8) is 0 Å². The van der Waals surface area contributed by atoms with E-state index in [-0.39, 0.29) is 11.3 Å². The summed E-state index contributed by atoms with van der Waals surface area (Å²) >= 11 is 6.13. The number of benzene rings is 3. The Morgan fingerprint density at radius 2 is 1.66 bits per heavy atom. The molecule has 0 unspecified atom stereocenters. The lowest BCUT2D eigenvalue weighted by atomic mass is 9.72. The first-order valence-electron chi connectivity index (χ1n) is 11.0. The fraction of sp³-hybridized carbons (Fsp3) is 0.296. The minimum atomic E-state index is -0.161. The summed E-state index contributed by atoms with van der Waals surface area (Å²) in [6.07, 6.45) is 1.97. The van der Waals surface area contributed by atoms with Crippen LogP contribution in [0.2, 0.25) is 5.02 Å². The molecule has 0 bridgehead atoms. The summed E-state index contributed by atoms with van der Waals surface area (Å²) in [5, 5.41) is 3.69. The normalized spacial score (nSPS) is 15.8. The lowest BCUT2D eigenvalue weighted by Gasteiger charge is -2.42. The van der Waals surface area contributed by atoms with E-state index in [0.717, 1.165) is 32.5 Å². The standard InChI is InChI=1S/C27H29ClN2O2/c1-32-25-13-12-23(28)18-24(25)26(31)29-20-27(22-10-6-3-7-11-22)14-16-30(17-15-27)19-21-8-4-2-5-9-21/h2-13,18H,14-17,19-20H2,1H3,(H,29,31). The molecule has 1 heterocycles. The van der Waals surface area contributed by atoms with Gasteiger partial charge in [-0.05, 0) is 55.3 Å². The van der Waals surface area contributed by atoms with Crippen LogP contribution in [0.15, 0.2) is 78.9 Å². The second-order valence-electron chi connectivity index (χ2n) is 8.44. The molecule has 4 nitrogen and oxygen atoms in total. The van der Waals surface area contributed by atoms with Gasteiger partial charge in [0.15, 0.2) is 0 Å². The molecule has 0 atom stereocenters. The molecule has 1 amide bonds. The largest absolute Gasteiger partial charge is 0.496 e. The third-order valence-corrected chi connectivity index (χ3v) is 6.68. The number of rotatable bonds is 7. The van der Waals surface area contributed by atoms with Crippen LogP contribution in [0.4, 0.5) is 0 Å². The van der Waals surface area contributed by atoms with Crippen LogP contribution in [0.3, 0.4) is 0 Å². The maximum atomic E-state index is 13.0. The van der Waals surface area contributed by atoms with Crippen LogP contribution in [0, 0.1) is 0 Å². The van der Waals surface area contributed by atoms with E-state index < -0.39 is 0 Å². The number of hydrogen-bond donors (Lipinski definition) is 1. The smallest absolute Gasteiger partial charge is 0.255 e. The number of nitrogens with one attached hydrogen (secondary N) is 1. The lowest BCUT2D eigenvalue weighted by Crippen LogP contribution is -2.48. The van der Waals surface area contributed by atoms with Gasteiger partial charge < -0.3 is 10.1 Å². The summed E-state index contributed by atoms with van der Waals surface area (Å²) in [4.78, 5) is 15.5. The van der Waals surface area contributed by atoms with Gasteiger partial charge in [0.1, 0.15) is 5.75 Å². The Hall–Kier alpha value is -2.82. The van der Waals surface area contributed by atoms with Crippen LogP contribution in [0.1, 0.15) is 34.3 Å². The maximum absolute atomic E-state index is 13.0. The monoisotopic (exact) mass is 448 g/mol. The van der Waals surface area contributed by atoms with Gasteiger partial charge in [-0.3, -0.25) is 9.69 Å². The molecule has 1 fully saturated rings. The van der Waals surface area contributed by atoms with Crippen LogP contribution in [-0.4, -0.2) is 37.6 Å². The highest BCUT2D eigenvalue weighted by atomic mass is 35.5. The van der Waals surface area contributed by atoms with Crippen molar-refractivity contribution in [3.8, 4) is 5.75 Å². The zero-order valence-corrected chi connectivity index (χ0v) is 19.1. The Bertz CT molecular complexity index is 1030. The highest BCUT2D eigenvalue weighted by Gasteiger charge is 2.36. The van der Waals surface area contributed by atoms with Crippen LogP contribution in [0.25, 0.3) is 0 Å². The minimum absolute atomic E-state index is 0.101. The van der Waals surface area contributed by atoms with Crippen molar-refractivity contribution in [2.75, 3.05) is 26.7 Å².